The standard InChI is InChI=1S/C17H19F3N2O2/c1-10-5-6-15(24-4)14(7-10)21-16(23)13-8-11(2)22(12(13)3)9-17(18,19)20/h5-8H,9H2,1-4H3,(H,21,23). The van der Waals surface area contributed by atoms with Crippen LogP contribution < -0.4 is 10.1 Å². The number of carbonyl (C=O) groups is 1. The number of ether oxygens (including phenoxy) is 1. The summed E-state index contributed by atoms with van der Waals surface area (Å²) in [6.07, 6.45) is -4.35. The molecular weight excluding hydrogens is 321 g/mol. The highest BCUT2D eigenvalue weighted by atomic mass is 19.4. The molecule has 0 saturated carbocycles. The number of halogens is 3. The Bertz CT molecular complexity index is 764. The maximum atomic E-state index is 12.7. The molecule has 0 fully saturated rings. The highest BCUT2D eigenvalue weighted by molar-refractivity contribution is 6.06. The molecular formula is C17H19F3N2O2. The van der Waals surface area contributed by atoms with E-state index in [1.807, 2.05) is 13.0 Å². The van der Waals surface area contributed by atoms with E-state index >= 15 is 0 Å². The number of rotatable bonds is 4. The number of benzene rings is 1. The van der Waals surface area contributed by atoms with E-state index in [4.69, 9.17) is 4.74 Å². The normalized spacial score (nSPS) is 11.5. The first-order valence-corrected chi connectivity index (χ1v) is 7.32. The molecule has 0 radical (unpaired) electrons. The number of aryl methyl sites for hydroxylation is 2. The molecule has 24 heavy (non-hydrogen) atoms. The van der Waals surface area contributed by atoms with E-state index in [1.54, 1.807) is 19.1 Å². The van der Waals surface area contributed by atoms with Crippen LogP contribution in [0.2, 0.25) is 0 Å². The van der Waals surface area contributed by atoms with Crippen molar-refractivity contribution in [3.8, 4) is 5.75 Å². The van der Waals surface area contributed by atoms with Crippen LogP contribution in [0.4, 0.5) is 18.9 Å². The number of nitrogens with one attached hydrogen (secondary N) is 1. The first-order chi connectivity index (χ1) is 11.1. The SMILES string of the molecule is COc1ccc(C)cc1NC(=O)c1cc(C)n(CC(F)(F)F)c1C. The van der Waals surface area contributed by atoms with Gasteiger partial charge in [-0.15, -0.1) is 0 Å². The molecule has 0 unspecified atom stereocenters. The number of amides is 1. The van der Waals surface area contributed by atoms with Crippen molar-refractivity contribution in [1.29, 1.82) is 0 Å². The van der Waals surface area contributed by atoms with Gasteiger partial charge in [0.15, 0.2) is 0 Å². The largest absolute Gasteiger partial charge is 0.495 e. The molecule has 2 rings (SSSR count). The maximum Gasteiger partial charge on any atom is 0.406 e. The number of aromatic nitrogens is 1. The summed E-state index contributed by atoms with van der Waals surface area (Å²) in [7, 11) is 1.48. The molecule has 130 valence electrons. The van der Waals surface area contributed by atoms with Gasteiger partial charge in [0.05, 0.1) is 18.4 Å². The average Bonchev–Trinajstić information content (AvgIpc) is 2.74. The smallest absolute Gasteiger partial charge is 0.406 e. The van der Waals surface area contributed by atoms with E-state index in [2.05, 4.69) is 5.32 Å². The third kappa shape index (κ3) is 3.90. The summed E-state index contributed by atoms with van der Waals surface area (Å²) in [5.74, 6) is 0.0125. The molecule has 0 aliphatic rings. The summed E-state index contributed by atoms with van der Waals surface area (Å²) >= 11 is 0. The second-order valence-electron chi connectivity index (χ2n) is 5.64. The molecule has 0 atom stereocenters. The van der Waals surface area contributed by atoms with Gasteiger partial charge < -0.3 is 14.6 Å². The average molecular weight is 340 g/mol. The summed E-state index contributed by atoms with van der Waals surface area (Å²) in [5, 5.41) is 2.70. The van der Waals surface area contributed by atoms with Crippen LogP contribution in [-0.4, -0.2) is 23.8 Å². The second-order valence-corrected chi connectivity index (χ2v) is 5.64. The minimum Gasteiger partial charge on any atom is -0.495 e. The van der Waals surface area contributed by atoms with Gasteiger partial charge in [-0.05, 0) is 44.5 Å². The Balaban J connectivity index is 2.31. The minimum absolute atomic E-state index is 0.209. The van der Waals surface area contributed by atoms with Crippen molar-refractivity contribution in [2.45, 2.75) is 33.5 Å². The van der Waals surface area contributed by atoms with Crippen molar-refractivity contribution < 1.29 is 22.7 Å². The predicted octanol–water partition coefficient (Wildman–Crippen LogP) is 4.24. The Morgan fingerprint density at radius 1 is 1.21 bits per heavy atom. The van der Waals surface area contributed by atoms with Gasteiger partial charge in [-0.1, -0.05) is 6.07 Å². The molecule has 0 aliphatic heterocycles. The van der Waals surface area contributed by atoms with Gasteiger partial charge in [0.25, 0.3) is 5.91 Å². The lowest BCUT2D eigenvalue weighted by Crippen LogP contribution is -2.20. The number of methoxy groups -OCH3 is 1. The van der Waals surface area contributed by atoms with Crippen LogP contribution in [0, 0.1) is 20.8 Å². The van der Waals surface area contributed by atoms with Crippen molar-refractivity contribution >= 4 is 11.6 Å². The van der Waals surface area contributed by atoms with Crippen LogP contribution in [-0.2, 0) is 6.54 Å². The molecule has 4 nitrogen and oxygen atoms in total. The number of alkyl halides is 3. The fourth-order valence-corrected chi connectivity index (χ4v) is 2.56. The van der Waals surface area contributed by atoms with E-state index in [-0.39, 0.29) is 11.3 Å². The Morgan fingerprint density at radius 2 is 1.88 bits per heavy atom. The van der Waals surface area contributed by atoms with E-state index in [9.17, 15) is 18.0 Å². The van der Waals surface area contributed by atoms with Crippen molar-refractivity contribution in [3.05, 3.63) is 46.8 Å². The summed E-state index contributed by atoms with van der Waals surface area (Å²) in [5.41, 5.74) is 2.26. The van der Waals surface area contributed by atoms with Gasteiger partial charge in [0.2, 0.25) is 0 Å². The van der Waals surface area contributed by atoms with E-state index in [1.165, 1.54) is 20.1 Å². The van der Waals surface area contributed by atoms with Crippen molar-refractivity contribution in [3.63, 3.8) is 0 Å². The molecule has 1 aromatic heterocycles. The van der Waals surface area contributed by atoms with E-state index in [0.717, 1.165) is 10.1 Å². The molecule has 1 heterocycles. The van der Waals surface area contributed by atoms with Gasteiger partial charge in [0.1, 0.15) is 12.3 Å². The fourth-order valence-electron chi connectivity index (χ4n) is 2.56. The molecule has 0 bridgehead atoms. The lowest BCUT2D eigenvalue weighted by Gasteiger charge is -2.13. The molecule has 1 amide bonds. The van der Waals surface area contributed by atoms with E-state index in [0.29, 0.717) is 17.1 Å². The first-order valence-electron chi connectivity index (χ1n) is 7.32. The number of hydrogen-bond acceptors (Lipinski definition) is 2. The molecule has 2 aromatic rings. The van der Waals surface area contributed by atoms with Gasteiger partial charge >= 0.3 is 6.18 Å². The van der Waals surface area contributed by atoms with Crippen molar-refractivity contribution in [1.82, 2.24) is 4.57 Å². The van der Waals surface area contributed by atoms with Gasteiger partial charge in [-0.25, -0.2) is 0 Å². The zero-order valence-electron chi connectivity index (χ0n) is 13.9. The van der Waals surface area contributed by atoms with Gasteiger partial charge in [-0.2, -0.15) is 13.2 Å². The molecule has 0 spiro atoms. The second kappa shape index (κ2) is 6.59. The number of anilines is 1. The zero-order valence-corrected chi connectivity index (χ0v) is 13.9. The van der Waals surface area contributed by atoms with E-state index < -0.39 is 18.6 Å². The Kier molecular flexibility index (Phi) is 4.91. The van der Waals surface area contributed by atoms with Crippen molar-refractivity contribution in [2.75, 3.05) is 12.4 Å². The quantitative estimate of drug-likeness (QED) is 0.905. The molecule has 1 aromatic carbocycles. The molecule has 0 saturated heterocycles. The summed E-state index contributed by atoms with van der Waals surface area (Å²) in [6.45, 7) is 3.79. The Morgan fingerprint density at radius 3 is 2.46 bits per heavy atom. The highest BCUT2D eigenvalue weighted by Crippen LogP contribution is 2.27. The van der Waals surface area contributed by atoms with Gasteiger partial charge in [0, 0.05) is 11.4 Å². The van der Waals surface area contributed by atoms with Crippen LogP contribution >= 0.6 is 0 Å². The van der Waals surface area contributed by atoms with Crippen molar-refractivity contribution in [2.24, 2.45) is 0 Å². The lowest BCUT2D eigenvalue weighted by molar-refractivity contribution is -0.141. The summed E-state index contributed by atoms with van der Waals surface area (Å²) in [6, 6.07) is 6.76. The zero-order chi connectivity index (χ0) is 18.1. The monoisotopic (exact) mass is 340 g/mol. The summed E-state index contributed by atoms with van der Waals surface area (Å²) < 4.78 is 44.3. The topological polar surface area (TPSA) is 43.3 Å². The molecule has 0 aliphatic carbocycles. The van der Waals surface area contributed by atoms with Crippen LogP contribution in [0.5, 0.6) is 5.75 Å². The van der Waals surface area contributed by atoms with Crippen LogP contribution in [0.15, 0.2) is 24.3 Å². The molecule has 7 heteroatoms. The van der Waals surface area contributed by atoms with Crippen LogP contribution in [0.3, 0.4) is 0 Å². The third-order valence-electron chi connectivity index (χ3n) is 3.76. The first kappa shape index (κ1) is 17.9. The fraction of sp³-hybridized carbons (Fsp3) is 0.353. The predicted molar refractivity (Wildman–Crippen MR) is 85.6 cm³/mol. The van der Waals surface area contributed by atoms with Gasteiger partial charge in [-0.3, -0.25) is 4.79 Å². The molecule has 1 N–H and O–H groups in total. The van der Waals surface area contributed by atoms with Crippen LogP contribution in [0.1, 0.15) is 27.3 Å². The minimum atomic E-state index is -4.35. The Labute approximate surface area is 138 Å². The number of carbonyl (C=O) groups excluding carboxylic acids is 1. The maximum absolute atomic E-state index is 12.7. The third-order valence-corrected chi connectivity index (χ3v) is 3.76. The number of nitrogens with zero attached hydrogens (tertiary/aromatic N) is 1. The highest BCUT2D eigenvalue weighted by Gasteiger charge is 2.30. The van der Waals surface area contributed by atoms with Crippen LogP contribution in [0.25, 0.3) is 0 Å². The summed E-state index contributed by atoms with van der Waals surface area (Å²) in [4.78, 5) is 12.5. The number of hydrogen-bond donors (Lipinski definition) is 1. The lowest BCUT2D eigenvalue weighted by atomic mass is 10.2. The Hall–Kier alpha value is -2.44.